The van der Waals surface area contributed by atoms with E-state index >= 15 is 0 Å². The van der Waals surface area contributed by atoms with E-state index in [-0.39, 0.29) is 11.9 Å². The lowest BCUT2D eigenvalue weighted by molar-refractivity contribution is -0.137. The highest BCUT2D eigenvalue weighted by Crippen LogP contribution is 2.29. The molecule has 0 spiro atoms. The summed E-state index contributed by atoms with van der Waals surface area (Å²) in [4.78, 5) is 16.3. The molecule has 0 fully saturated rings. The Morgan fingerprint density at radius 2 is 1.59 bits per heavy atom. The minimum atomic E-state index is -0.303. The third-order valence-corrected chi connectivity index (χ3v) is 4.05. The lowest BCUT2D eigenvalue weighted by Crippen LogP contribution is -2.15. The first-order chi connectivity index (χ1) is 14.0. The van der Waals surface area contributed by atoms with Crippen LogP contribution in [0.2, 0.25) is 0 Å². The van der Waals surface area contributed by atoms with Crippen LogP contribution in [0.1, 0.15) is 19.4 Å². The normalized spacial score (nSPS) is 10.9. The fraction of sp³-hybridized carbons (Fsp3) is 0.167. The predicted octanol–water partition coefficient (Wildman–Crippen LogP) is 5.80. The fourth-order valence-electron chi connectivity index (χ4n) is 2.45. The molecule has 0 amide bonds. The van der Waals surface area contributed by atoms with E-state index in [4.69, 9.17) is 14.2 Å². The molecule has 0 saturated heterocycles. The van der Waals surface area contributed by atoms with Gasteiger partial charge in [0.1, 0.15) is 11.5 Å². The Kier molecular flexibility index (Phi) is 6.63. The summed E-state index contributed by atoms with van der Waals surface area (Å²) < 4.78 is 16.5. The molecule has 5 heteroatoms. The zero-order chi connectivity index (χ0) is 20.6. The van der Waals surface area contributed by atoms with Gasteiger partial charge in [0, 0.05) is 6.21 Å². The number of carbonyl (C=O) groups is 1. The van der Waals surface area contributed by atoms with Gasteiger partial charge in [-0.2, -0.15) is 0 Å². The number of aliphatic imine (C=N–C) groups is 1. The summed E-state index contributed by atoms with van der Waals surface area (Å²) in [5, 5.41) is 0. The number of hydrogen-bond acceptors (Lipinski definition) is 5. The second kappa shape index (κ2) is 9.55. The predicted molar refractivity (Wildman–Crippen MR) is 114 cm³/mol. The first-order valence-electron chi connectivity index (χ1n) is 9.32. The van der Waals surface area contributed by atoms with E-state index in [0.29, 0.717) is 11.5 Å². The van der Waals surface area contributed by atoms with Gasteiger partial charge in [0.25, 0.3) is 0 Å². The molecule has 0 saturated carbocycles. The number of benzene rings is 3. The molecule has 0 atom stereocenters. The number of para-hydroxylation sites is 1. The van der Waals surface area contributed by atoms with Gasteiger partial charge in [-0.05, 0) is 60.2 Å². The molecule has 3 aromatic rings. The number of ether oxygens (including phenoxy) is 3. The summed E-state index contributed by atoms with van der Waals surface area (Å²) in [5.41, 5.74) is 1.62. The average molecular weight is 389 g/mol. The summed E-state index contributed by atoms with van der Waals surface area (Å²) in [6.07, 6.45) is 1.73. The van der Waals surface area contributed by atoms with Crippen molar-refractivity contribution in [2.45, 2.75) is 13.8 Å². The van der Waals surface area contributed by atoms with Crippen LogP contribution in [0.25, 0.3) is 0 Å². The van der Waals surface area contributed by atoms with Crippen LogP contribution in [0, 0.1) is 5.92 Å². The second-order valence-electron chi connectivity index (χ2n) is 6.65. The van der Waals surface area contributed by atoms with Gasteiger partial charge in [-0.3, -0.25) is 9.79 Å². The number of rotatable bonds is 7. The van der Waals surface area contributed by atoms with Gasteiger partial charge < -0.3 is 14.2 Å². The summed E-state index contributed by atoms with van der Waals surface area (Å²) in [6.45, 7) is 3.57. The van der Waals surface area contributed by atoms with Gasteiger partial charge in [-0.15, -0.1) is 0 Å². The molecule has 0 aliphatic carbocycles. The Hall–Kier alpha value is -3.60. The van der Waals surface area contributed by atoms with Crippen LogP contribution in [0.4, 0.5) is 5.69 Å². The molecule has 0 unspecified atom stereocenters. The van der Waals surface area contributed by atoms with Crippen molar-refractivity contribution in [2.24, 2.45) is 10.9 Å². The lowest BCUT2D eigenvalue weighted by atomic mass is 10.2. The highest BCUT2D eigenvalue weighted by Gasteiger charge is 2.13. The van der Waals surface area contributed by atoms with E-state index < -0.39 is 0 Å². The number of nitrogens with zero attached hydrogens (tertiary/aromatic N) is 1. The molecular weight excluding hydrogens is 366 g/mol. The first kappa shape index (κ1) is 20.1. The maximum absolute atomic E-state index is 11.8. The van der Waals surface area contributed by atoms with E-state index in [9.17, 15) is 4.79 Å². The molecule has 148 valence electrons. The van der Waals surface area contributed by atoms with Gasteiger partial charge in [0.15, 0.2) is 11.5 Å². The standard InChI is InChI=1S/C24H23NO4/c1-17(2)24(26)29-22-14-9-18(15-23(22)27-3)16-25-19-10-12-21(13-11-19)28-20-7-5-4-6-8-20/h4-17H,1-3H3. The van der Waals surface area contributed by atoms with Gasteiger partial charge in [-0.1, -0.05) is 32.0 Å². The summed E-state index contributed by atoms with van der Waals surface area (Å²) >= 11 is 0. The quantitative estimate of drug-likeness (QED) is 0.291. The van der Waals surface area contributed by atoms with Crippen molar-refractivity contribution in [2.75, 3.05) is 7.11 Å². The molecule has 3 rings (SSSR count). The molecule has 29 heavy (non-hydrogen) atoms. The summed E-state index contributed by atoms with van der Waals surface area (Å²) in [5.74, 6) is 1.89. The SMILES string of the molecule is COc1cc(C=Nc2ccc(Oc3ccccc3)cc2)ccc1OC(=O)C(C)C. The van der Waals surface area contributed by atoms with Crippen molar-refractivity contribution >= 4 is 17.9 Å². The Balaban J connectivity index is 1.68. The minimum absolute atomic E-state index is 0.213. The van der Waals surface area contributed by atoms with E-state index in [0.717, 1.165) is 22.7 Å². The number of hydrogen-bond donors (Lipinski definition) is 0. The van der Waals surface area contributed by atoms with Crippen molar-refractivity contribution in [3.8, 4) is 23.0 Å². The molecule has 0 aliphatic rings. The van der Waals surface area contributed by atoms with Crippen molar-refractivity contribution in [1.82, 2.24) is 0 Å². The molecule has 0 aromatic heterocycles. The molecule has 0 bridgehead atoms. The van der Waals surface area contributed by atoms with Crippen LogP contribution in [0.3, 0.4) is 0 Å². The Morgan fingerprint density at radius 1 is 0.897 bits per heavy atom. The average Bonchev–Trinajstić information content (AvgIpc) is 2.74. The maximum atomic E-state index is 11.8. The Bertz CT molecular complexity index is 980. The largest absolute Gasteiger partial charge is 0.493 e. The van der Waals surface area contributed by atoms with Gasteiger partial charge in [0.05, 0.1) is 18.7 Å². The number of methoxy groups -OCH3 is 1. The van der Waals surface area contributed by atoms with Crippen molar-refractivity contribution in [3.05, 3.63) is 78.4 Å². The first-order valence-corrected chi connectivity index (χ1v) is 9.32. The van der Waals surface area contributed by atoms with Gasteiger partial charge >= 0.3 is 5.97 Å². The monoisotopic (exact) mass is 389 g/mol. The van der Waals surface area contributed by atoms with Crippen molar-refractivity contribution in [3.63, 3.8) is 0 Å². The van der Waals surface area contributed by atoms with Crippen molar-refractivity contribution in [1.29, 1.82) is 0 Å². The van der Waals surface area contributed by atoms with E-state index in [1.807, 2.05) is 60.7 Å². The van der Waals surface area contributed by atoms with Crippen molar-refractivity contribution < 1.29 is 19.0 Å². The summed E-state index contributed by atoms with van der Waals surface area (Å²) in [7, 11) is 1.54. The third-order valence-electron chi connectivity index (χ3n) is 4.05. The van der Waals surface area contributed by atoms with Crippen LogP contribution < -0.4 is 14.2 Å². The molecular formula is C24H23NO4. The van der Waals surface area contributed by atoms with Gasteiger partial charge in [0.2, 0.25) is 0 Å². The van der Waals surface area contributed by atoms with Crippen LogP contribution in [-0.4, -0.2) is 19.3 Å². The van der Waals surface area contributed by atoms with E-state index in [1.54, 1.807) is 32.2 Å². The van der Waals surface area contributed by atoms with Crippen LogP contribution in [-0.2, 0) is 4.79 Å². The lowest BCUT2D eigenvalue weighted by Gasteiger charge is -2.11. The van der Waals surface area contributed by atoms with E-state index in [1.165, 1.54) is 7.11 Å². The van der Waals surface area contributed by atoms with Crippen LogP contribution >= 0.6 is 0 Å². The Labute approximate surface area is 170 Å². The van der Waals surface area contributed by atoms with E-state index in [2.05, 4.69) is 4.99 Å². The molecule has 0 heterocycles. The molecule has 5 nitrogen and oxygen atoms in total. The number of esters is 1. The zero-order valence-corrected chi connectivity index (χ0v) is 16.7. The molecule has 0 radical (unpaired) electrons. The fourth-order valence-corrected chi connectivity index (χ4v) is 2.45. The summed E-state index contributed by atoms with van der Waals surface area (Å²) in [6, 6.07) is 22.4. The van der Waals surface area contributed by atoms with Crippen LogP contribution in [0.15, 0.2) is 77.8 Å². The highest BCUT2D eigenvalue weighted by atomic mass is 16.6. The smallest absolute Gasteiger partial charge is 0.313 e. The number of carbonyl (C=O) groups excluding carboxylic acids is 1. The second-order valence-corrected chi connectivity index (χ2v) is 6.65. The molecule has 0 aliphatic heterocycles. The third kappa shape index (κ3) is 5.69. The topological polar surface area (TPSA) is 57.1 Å². The molecule has 3 aromatic carbocycles. The molecule has 0 N–H and O–H groups in total. The Morgan fingerprint density at radius 3 is 2.24 bits per heavy atom. The maximum Gasteiger partial charge on any atom is 0.313 e. The minimum Gasteiger partial charge on any atom is -0.493 e. The van der Waals surface area contributed by atoms with Crippen LogP contribution in [0.5, 0.6) is 23.0 Å². The zero-order valence-electron chi connectivity index (χ0n) is 16.7. The van der Waals surface area contributed by atoms with Gasteiger partial charge in [-0.25, -0.2) is 0 Å². The highest BCUT2D eigenvalue weighted by molar-refractivity contribution is 5.83.